The average Bonchev–Trinajstić information content (AvgIpc) is 3.30. The maximum absolute atomic E-state index is 12.7. The van der Waals surface area contributed by atoms with Crippen molar-refractivity contribution in [3.05, 3.63) is 53.4 Å². The predicted octanol–water partition coefficient (Wildman–Crippen LogP) is 3.24. The number of amides is 1. The summed E-state index contributed by atoms with van der Waals surface area (Å²) in [5.41, 5.74) is 13.6. The summed E-state index contributed by atoms with van der Waals surface area (Å²) in [7, 11) is 0. The predicted molar refractivity (Wildman–Crippen MR) is 103 cm³/mol. The third kappa shape index (κ3) is 2.74. The molecule has 8 nitrogen and oxygen atoms in total. The minimum absolute atomic E-state index is 0.0527. The van der Waals surface area contributed by atoms with Gasteiger partial charge in [0.15, 0.2) is 0 Å². The summed E-state index contributed by atoms with van der Waals surface area (Å²) >= 11 is 1.10. The third-order valence-electron chi connectivity index (χ3n) is 3.91. The number of nitriles is 1. The Kier molecular flexibility index (Phi) is 3.95. The molecule has 0 atom stereocenters. The molecule has 0 aliphatic rings. The molecule has 9 heteroatoms. The van der Waals surface area contributed by atoms with Crippen molar-refractivity contribution < 1.29 is 9.21 Å². The lowest BCUT2D eigenvalue weighted by molar-refractivity contribution is 0.103. The lowest BCUT2D eigenvalue weighted by Crippen LogP contribution is -2.12. The lowest BCUT2D eigenvalue weighted by Gasteiger charge is -2.07. The smallest absolute Gasteiger partial charge is 0.267 e. The molecule has 27 heavy (non-hydrogen) atoms. The molecule has 0 aromatic carbocycles. The molecule has 5 N–H and O–H groups in total. The molecule has 0 saturated carbocycles. The van der Waals surface area contributed by atoms with Crippen LogP contribution in [0.25, 0.3) is 21.5 Å². The van der Waals surface area contributed by atoms with Gasteiger partial charge in [-0.1, -0.05) is 0 Å². The number of carbonyl (C=O) groups is 1. The lowest BCUT2D eigenvalue weighted by atomic mass is 10.0. The number of pyridine rings is 2. The second kappa shape index (κ2) is 6.44. The van der Waals surface area contributed by atoms with E-state index in [4.69, 9.17) is 15.9 Å². The summed E-state index contributed by atoms with van der Waals surface area (Å²) < 4.78 is 5.45. The number of furan rings is 1. The van der Waals surface area contributed by atoms with Gasteiger partial charge in [-0.3, -0.25) is 9.78 Å². The van der Waals surface area contributed by atoms with E-state index in [0.29, 0.717) is 27.2 Å². The van der Waals surface area contributed by atoms with Crippen molar-refractivity contribution >= 4 is 44.7 Å². The SMILES string of the molecule is N#Cc1c(N)nc2sc(C(=O)Nc3cccnc3)c(N)c2c1-c1ccco1. The Labute approximate surface area is 157 Å². The van der Waals surface area contributed by atoms with Crippen LogP contribution < -0.4 is 16.8 Å². The first kappa shape index (κ1) is 16.6. The van der Waals surface area contributed by atoms with Crippen molar-refractivity contribution in [1.82, 2.24) is 9.97 Å². The van der Waals surface area contributed by atoms with E-state index in [1.165, 1.54) is 12.5 Å². The number of aromatic nitrogens is 2. The van der Waals surface area contributed by atoms with Crippen LogP contribution in [0, 0.1) is 11.3 Å². The number of hydrogen-bond acceptors (Lipinski definition) is 8. The molecular formula is C18H12N6O2S. The number of anilines is 3. The number of rotatable bonds is 3. The number of carbonyl (C=O) groups excluding carboxylic acids is 1. The summed E-state index contributed by atoms with van der Waals surface area (Å²) in [5.74, 6) is 0.0807. The number of hydrogen-bond donors (Lipinski definition) is 3. The van der Waals surface area contributed by atoms with Gasteiger partial charge >= 0.3 is 0 Å². The van der Waals surface area contributed by atoms with Crippen molar-refractivity contribution in [2.75, 3.05) is 16.8 Å². The first-order chi connectivity index (χ1) is 13.1. The van der Waals surface area contributed by atoms with E-state index in [2.05, 4.69) is 15.3 Å². The van der Waals surface area contributed by atoms with E-state index in [9.17, 15) is 10.1 Å². The van der Waals surface area contributed by atoms with Gasteiger partial charge in [-0.2, -0.15) is 5.26 Å². The first-order valence-corrected chi connectivity index (χ1v) is 8.58. The molecule has 132 valence electrons. The Balaban J connectivity index is 1.91. The van der Waals surface area contributed by atoms with Gasteiger partial charge in [0, 0.05) is 11.6 Å². The highest BCUT2D eigenvalue weighted by molar-refractivity contribution is 7.21. The van der Waals surface area contributed by atoms with Crippen LogP contribution in [-0.4, -0.2) is 15.9 Å². The van der Waals surface area contributed by atoms with Crippen LogP contribution in [-0.2, 0) is 0 Å². The van der Waals surface area contributed by atoms with Crippen LogP contribution in [0.3, 0.4) is 0 Å². The summed E-state index contributed by atoms with van der Waals surface area (Å²) in [6.45, 7) is 0. The zero-order valence-electron chi connectivity index (χ0n) is 13.8. The maximum atomic E-state index is 12.7. The number of nitrogens with zero attached hydrogens (tertiary/aromatic N) is 3. The fourth-order valence-corrected chi connectivity index (χ4v) is 3.75. The fraction of sp³-hybridized carbons (Fsp3) is 0. The molecule has 0 spiro atoms. The minimum Gasteiger partial charge on any atom is -0.464 e. The van der Waals surface area contributed by atoms with E-state index in [-0.39, 0.29) is 21.9 Å². The molecule has 4 aromatic heterocycles. The summed E-state index contributed by atoms with van der Waals surface area (Å²) in [6.07, 6.45) is 4.62. The van der Waals surface area contributed by atoms with E-state index in [1.54, 1.807) is 30.5 Å². The highest BCUT2D eigenvalue weighted by Gasteiger charge is 2.25. The molecule has 1 amide bonds. The molecule has 0 radical (unpaired) electrons. The number of fused-ring (bicyclic) bond motifs is 1. The van der Waals surface area contributed by atoms with Crippen molar-refractivity contribution in [1.29, 1.82) is 5.26 Å². The van der Waals surface area contributed by atoms with Crippen LogP contribution >= 0.6 is 11.3 Å². The summed E-state index contributed by atoms with van der Waals surface area (Å²) in [5, 5.41) is 12.7. The second-order valence-electron chi connectivity index (χ2n) is 5.56. The largest absolute Gasteiger partial charge is 0.464 e. The van der Waals surface area contributed by atoms with Gasteiger partial charge < -0.3 is 21.2 Å². The fourth-order valence-electron chi connectivity index (χ4n) is 2.74. The number of nitrogens with one attached hydrogen (secondary N) is 1. The van der Waals surface area contributed by atoms with Crippen molar-refractivity contribution in [3.8, 4) is 17.4 Å². The van der Waals surface area contributed by atoms with E-state index in [1.807, 2.05) is 6.07 Å². The third-order valence-corrected chi connectivity index (χ3v) is 5.01. The van der Waals surface area contributed by atoms with E-state index in [0.717, 1.165) is 11.3 Å². The highest BCUT2D eigenvalue weighted by atomic mass is 32.1. The normalized spacial score (nSPS) is 10.6. The van der Waals surface area contributed by atoms with E-state index < -0.39 is 5.91 Å². The maximum Gasteiger partial charge on any atom is 0.267 e. The van der Waals surface area contributed by atoms with E-state index >= 15 is 0 Å². The topological polar surface area (TPSA) is 144 Å². The van der Waals surface area contributed by atoms with Crippen molar-refractivity contribution in [3.63, 3.8) is 0 Å². The Hall–Kier alpha value is -3.90. The van der Waals surface area contributed by atoms with Crippen molar-refractivity contribution in [2.45, 2.75) is 0 Å². The Morgan fingerprint density at radius 3 is 2.81 bits per heavy atom. The highest BCUT2D eigenvalue weighted by Crippen LogP contribution is 2.42. The molecule has 0 aliphatic heterocycles. The van der Waals surface area contributed by atoms with Crippen LogP contribution in [0.2, 0.25) is 0 Å². The molecule has 4 rings (SSSR count). The Morgan fingerprint density at radius 1 is 1.30 bits per heavy atom. The molecule has 0 bridgehead atoms. The molecule has 0 saturated heterocycles. The van der Waals surface area contributed by atoms with Gasteiger partial charge in [-0.25, -0.2) is 4.98 Å². The van der Waals surface area contributed by atoms with Crippen LogP contribution in [0.15, 0.2) is 47.3 Å². The van der Waals surface area contributed by atoms with Gasteiger partial charge in [0.25, 0.3) is 5.91 Å². The summed E-state index contributed by atoms with van der Waals surface area (Å²) in [4.78, 5) is 21.6. The average molecular weight is 376 g/mol. The number of nitrogens with two attached hydrogens (primary N) is 2. The Bertz CT molecular complexity index is 1190. The standard InChI is InChI=1S/C18H12N6O2S/c19-7-10-12(11-4-2-6-26-11)13-14(20)15(27-18(13)24-16(10)21)17(25)23-9-3-1-5-22-8-9/h1-6,8H,20H2,(H2,21,24)(H,23,25). The van der Waals surface area contributed by atoms with Crippen LogP contribution in [0.4, 0.5) is 17.2 Å². The zero-order valence-corrected chi connectivity index (χ0v) is 14.6. The van der Waals surface area contributed by atoms with Crippen molar-refractivity contribution in [2.24, 2.45) is 0 Å². The number of thiophene rings is 1. The van der Waals surface area contributed by atoms with Gasteiger partial charge in [0.05, 0.1) is 29.4 Å². The zero-order chi connectivity index (χ0) is 19.0. The molecule has 0 fully saturated rings. The second-order valence-corrected chi connectivity index (χ2v) is 6.56. The van der Waals surface area contributed by atoms with Gasteiger partial charge in [-0.15, -0.1) is 11.3 Å². The van der Waals surface area contributed by atoms with Crippen LogP contribution in [0.1, 0.15) is 15.2 Å². The molecule has 4 aromatic rings. The Morgan fingerprint density at radius 2 is 2.15 bits per heavy atom. The van der Waals surface area contributed by atoms with Gasteiger partial charge in [0.2, 0.25) is 0 Å². The van der Waals surface area contributed by atoms with Gasteiger partial charge in [-0.05, 0) is 24.3 Å². The van der Waals surface area contributed by atoms with Crippen LogP contribution in [0.5, 0.6) is 0 Å². The first-order valence-electron chi connectivity index (χ1n) is 7.77. The molecule has 0 unspecified atom stereocenters. The quantitative estimate of drug-likeness (QED) is 0.498. The number of nitrogen functional groups attached to an aromatic ring is 2. The summed E-state index contributed by atoms with van der Waals surface area (Å²) in [6, 6.07) is 8.85. The molecular weight excluding hydrogens is 364 g/mol. The van der Waals surface area contributed by atoms with Gasteiger partial charge in [0.1, 0.15) is 32.9 Å². The molecule has 4 heterocycles. The monoisotopic (exact) mass is 376 g/mol. The molecule has 0 aliphatic carbocycles. The minimum atomic E-state index is -0.397.